The number of methoxy groups -OCH3 is 1. The fourth-order valence-corrected chi connectivity index (χ4v) is 1.77. The van der Waals surface area contributed by atoms with Gasteiger partial charge in [0.15, 0.2) is 0 Å². The van der Waals surface area contributed by atoms with Crippen LogP contribution in [-0.4, -0.2) is 18.2 Å². The number of carboxylic acid groups (broad SMARTS) is 1. The first-order valence-electron chi connectivity index (χ1n) is 5.90. The van der Waals surface area contributed by atoms with Crippen molar-refractivity contribution < 1.29 is 14.6 Å². The number of anilines is 1. The van der Waals surface area contributed by atoms with E-state index in [1.54, 1.807) is 19.2 Å². The van der Waals surface area contributed by atoms with Crippen molar-refractivity contribution in [3.05, 3.63) is 59.7 Å². The third-order valence-corrected chi connectivity index (χ3v) is 2.77. The van der Waals surface area contributed by atoms with Gasteiger partial charge in [-0.15, -0.1) is 0 Å². The van der Waals surface area contributed by atoms with E-state index in [-0.39, 0.29) is 5.56 Å². The zero-order valence-corrected chi connectivity index (χ0v) is 10.6. The summed E-state index contributed by atoms with van der Waals surface area (Å²) >= 11 is 0. The van der Waals surface area contributed by atoms with Crippen molar-refractivity contribution in [3.8, 4) is 5.75 Å². The molecule has 2 rings (SSSR count). The Morgan fingerprint density at radius 3 is 2.58 bits per heavy atom. The lowest BCUT2D eigenvalue weighted by molar-refractivity contribution is 0.0697. The van der Waals surface area contributed by atoms with Crippen molar-refractivity contribution in [1.29, 1.82) is 0 Å². The minimum atomic E-state index is -0.953. The summed E-state index contributed by atoms with van der Waals surface area (Å²) in [6, 6.07) is 14.6. The standard InChI is InChI=1S/C15H15NO3/c1-19-14-8-7-12(15(17)18)9-13(14)16-10-11-5-3-2-4-6-11/h2-9,16H,10H2,1H3,(H,17,18). The number of ether oxygens (including phenoxy) is 1. The highest BCUT2D eigenvalue weighted by Crippen LogP contribution is 2.26. The molecule has 2 aromatic rings. The first kappa shape index (κ1) is 13.0. The Morgan fingerprint density at radius 1 is 1.21 bits per heavy atom. The molecule has 2 N–H and O–H groups in total. The number of carboxylic acids is 1. The molecule has 0 heterocycles. The molecule has 0 aliphatic rings. The van der Waals surface area contributed by atoms with Gasteiger partial charge < -0.3 is 15.2 Å². The van der Waals surface area contributed by atoms with Crippen LogP contribution in [-0.2, 0) is 6.54 Å². The Morgan fingerprint density at radius 2 is 1.95 bits per heavy atom. The van der Waals surface area contributed by atoms with Crippen LogP contribution in [0.25, 0.3) is 0 Å². The lowest BCUT2D eigenvalue weighted by Crippen LogP contribution is -2.04. The number of nitrogens with one attached hydrogen (secondary N) is 1. The summed E-state index contributed by atoms with van der Waals surface area (Å²) in [5.74, 6) is -0.327. The minimum Gasteiger partial charge on any atom is -0.495 e. The van der Waals surface area contributed by atoms with Gasteiger partial charge in [0.2, 0.25) is 0 Å². The number of benzene rings is 2. The van der Waals surface area contributed by atoms with Crippen LogP contribution in [0, 0.1) is 0 Å². The first-order chi connectivity index (χ1) is 9.20. The van der Waals surface area contributed by atoms with Crippen molar-refractivity contribution in [2.75, 3.05) is 12.4 Å². The number of aromatic carboxylic acids is 1. The van der Waals surface area contributed by atoms with E-state index in [1.807, 2.05) is 30.3 Å². The topological polar surface area (TPSA) is 58.6 Å². The third-order valence-electron chi connectivity index (χ3n) is 2.77. The number of hydrogen-bond acceptors (Lipinski definition) is 3. The Hall–Kier alpha value is -2.49. The van der Waals surface area contributed by atoms with E-state index in [9.17, 15) is 4.79 Å². The average Bonchev–Trinajstić information content (AvgIpc) is 2.45. The first-order valence-corrected chi connectivity index (χ1v) is 5.90. The number of hydrogen-bond donors (Lipinski definition) is 2. The summed E-state index contributed by atoms with van der Waals surface area (Å²) < 4.78 is 5.21. The largest absolute Gasteiger partial charge is 0.495 e. The van der Waals surface area contributed by atoms with Gasteiger partial charge in [-0.1, -0.05) is 30.3 Å². The van der Waals surface area contributed by atoms with Gasteiger partial charge in [-0.3, -0.25) is 0 Å². The molecular weight excluding hydrogens is 242 g/mol. The van der Waals surface area contributed by atoms with Gasteiger partial charge in [0.25, 0.3) is 0 Å². The van der Waals surface area contributed by atoms with Gasteiger partial charge >= 0.3 is 5.97 Å². The molecule has 0 aromatic heterocycles. The normalized spacial score (nSPS) is 9.95. The molecular formula is C15H15NO3. The van der Waals surface area contributed by atoms with Gasteiger partial charge in [0.1, 0.15) is 5.75 Å². The zero-order chi connectivity index (χ0) is 13.7. The molecule has 0 fully saturated rings. The fraction of sp³-hybridized carbons (Fsp3) is 0.133. The smallest absolute Gasteiger partial charge is 0.335 e. The predicted octanol–water partition coefficient (Wildman–Crippen LogP) is 3.01. The molecule has 0 unspecified atom stereocenters. The van der Waals surface area contributed by atoms with Gasteiger partial charge in [0, 0.05) is 6.54 Å². The SMILES string of the molecule is COc1ccc(C(=O)O)cc1NCc1ccccc1. The van der Waals surface area contributed by atoms with Gasteiger partial charge in [-0.2, -0.15) is 0 Å². The quantitative estimate of drug-likeness (QED) is 0.864. The molecule has 2 aromatic carbocycles. The summed E-state index contributed by atoms with van der Waals surface area (Å²) in [6.45, 7) is 0.611. The van der Waals surface area contributed by atoms with Crippen LogP contribution in [0.4, 0.5) is 5.69 Å². The molecule has 0 aliphatic heterocycles. The van der Waals surface area contributed by atoms with Crippen LogP contribution in [0.1, 0.15) is 15.9 Å². The second-order valence-corrected chi connectivity index (χ2v) is 4.06. The maximum absolute atomic E-state index is 11.0. The molecule has 0 aliphatic carbocycles. The Balaban J connectivity index is 2.18. The van der Waals surface area contributed by atoms with Crippen molar-refractivity contribution in [2.24, 2.45) is 0 Å². The molecule has 19 heavy (non-hydrogen) atoms. The highest BCUT2D eigenvalue weighted by Gasteiger charge is 2.08. The van der Waals surface area contributed by atoms with Gasteiger partial charge in [0.05, 0.1) is 18.4 Å². The highest BCUT2D eigenvalue weighted by atomic mass is 16.5. The summed E-state index contributed by atoms with van der Waals surface area (Å²) in [5.41, 5.74) is 2.02. The zero-order valence-electron chi connectivity index (χ0n) is 10.6. The van der Waals surface area contributed by atoms with E-state index < -0.39 is 5.97 Å². The van der Waals surface area contributed by atoms with E-state index in [2.05, 4.69) is 5.32 Å². The van der Waals surface area contributed by atoms with E-state index in [1.165, 1.54) is 6.07 Å². The van der Waals surface area contributed by atoms with E-state index in [4.69, 9.17) is 9.84 Å². The van der Waals surface area contributed by atoms with Crippen LogP contribution in [0.3, 0.4) is 0 Å². The Labute approximate surface area is 111 Å². The molecule has 4 nitrogen and oxygen atoms in total. The molecule has 0 radical (unpaired) electrons. The number of rotatable bonds is 5. The predicted molar refractivity (Wildman–Crippen MR) is 73.7 cm³/mol. The van der Waals surface area contributed by atoms with Crippen LogP contribution < -0.4 is 10.1 Å². The highest BCUT2D eigenvalue weighted by molar-refractivity contribution is 5.89. The molecule has 0 spiro atoms. The molecule has 0 atom stereocenters. The lowest BCUT2D eigenvalue weighted by Gasteiger charge is -2.12. The second-order valence-electron chi connectivity index (χ2n) is 4.06. The molecule has 0 saturated carbocycles. The molecule has 98 valence electrons. The molecule has 0 amide bonds. The van der Waals surface area contributed by atoms with E-state index in [0.29, 0.717) is 18.0 Å². The van der Waals surface area contributed by atoms with E-state index >= 15 is 0 Å². The van der Waals surface area contributed by atoms with Crippen molar-refractivity contribution >= 4 is 11.7 Å². The van der Waals surface area contributed by atoms with Crippen LogP contribution in [0.5, 0.6) is 5.75 Å². The Kier molecular flexibility index (Phi) is 4.03. The van der Waals surface area contributed by atoms with Gasteiger partial charge in [-0.25, -0.2) is 4.79 Å². The molecule has 0 saturated heterocycles. The van der Waals surface area contributed by atoms with Crippen molar-refractivity contribution in [2.45, 2.75) is 6.54 Å². The fourth-order valence-electron chi connectivity index (χ4n) is 1.77. The maximum atomic E-state index is 11.0. The van der Waals surface area contributed by atoms with Crippen LogP contribution in [0.15, 0.2) is 48.5 Å². The van der Waals surface area contributed by atoms with Crippen LogP contribution >= 0.6 is 0 Å². The van der Waals surface area contributed by atoms with Gasteiger partial charge in [-0.05, 0) is 23.8 Å². The van der Waals surface area contributed by atoms with Crippen molar-refractivity contribution in [1.82, 2.24) is 0 Å². The average molecular weight is 257 g/mol. The monoisotopic (exact) mass is 257 g/mol. The lowest BCUT2D eigenvalue weighted by atomic mass is 10.1. The maximum Gasteiger partial charge on any atom is 0.335 e. The van der Waals surface area contributed by atoms with Crippen LogP contribution in [0.2, 0.25) is 0 Å². The second kappa shape index (κ2) is 5.91. The minimum absolute atomic E-state index is 0.233. The summed E-state index contributed by atoms with van der Waals surface area (Å²) in [7, 11) is 1.56. The number of carbonyl (C=O) groups is 1. The third kappa shape index (κ3) is 3.25. The molecule has 0 bridgehead atoms. The summed E-state index contributed by atoms with van der Waals surface area (Å²) in [5, 5.41) is 12.2. The Bertz CT molecular complexity index is 567. The summed E-state index contributed by atoms with van der Waals surface area (Å²) in [6.07, 6.45) is 0. The summed E-state index contributed by atoms with van der Waals surface area (Å²) in [4.78, 5) is 11.0. The van der Waals surface area contributed by atoms with Crippen molar-refractivity contribution in [3.63, 3.8) is 0 Å². The van der Waals surface area contributed by atoms with E-state index in [0.717, 1.165) is 5.56 Å². The molecule has 4 heteroatoms.